The van der Waals surface area contributed by atoms with Gasteiger partial charge in [0.1, 0.15) is 0 Å². The molecule has 0 aromatic carbocycles. The van der Waals surface area contributed by atoms with Crippen LogP contribution in [0.1, 0.15) is 6.42 Å². The topological polar surface area (TPSA) is 71.7 Å². The Morgan fingerprint density at radius 3 is 3.11 bits per heavy atom. The minimum Gasteiger partial charge on any atom is -0.396 e. The van der Waals surface area contributed by atoms with E-state index in [-0.39, 0.29) is 12.6 Å². The summed E-state index contributed by atoms with van der Waals surface area (Å²) in [4.78, 5) is 4.37. The van der Waals surface area contributed by atoms with Gasteiger partial charge in [0.15, 0.2) is 5.65 Å². The number of fused-ring (bicyclic) bond motifs is 1. The number of hydrogen-bond donors (Lipinski definition) is 2. The van der Waals surface area contributed by atoms with Crippen molar-refractivity contribution in [3.8, 4) is 0 Å². The molecule has 2 aromatic rings. The number of aliphatic hydroxyl groups is 1. The summed E-state index contributed by atoms with van der Waals surface area (Å²) in [6.45, 7) is 0.593. The number of nitrogens with one attached hydrogen (secondary N) is 1. The predicted molar refractivity (Wildman–Crippen MR) is 71.7 cm³/mol. The van der Waals surface area contributed by atoms with E-state index in [0.29, 0.717) is 19.0 Å². The molecule has 2 heterocycles. The highest BCUT2D eigenvalue weighted by molar-refractivity contribution is 9.10. The highest BCUT2D eigenvalue weighted by Gasteiger charge is 2.12. The van der Waals surface area contributed by atoms with Crippen LogP contribution >= 0.6 is 15.9 Å². The average molecular weight is 315 g/mol. The molecule has 0 amide bonds. The fraction of sp³-hybridized carbons (Fsp3) is 0.455. The molecule has 1 unspecified atom stereocenters. The normalized spacial score (nSPS) is 12.8. The molecule has 18 heavy (non-hydrogen) atoms. The summed E-state index contributed by atoms with van der Waals surface area (Å²) in [5, 5.41) is 16.4. The number of halogens is 1. The van der Waals surface area contributed by atoms with Crippen molar-refractivity contribution in [2.75, 3.05) is 25.6 Å². The summed E-state index contributed by atoms with van der Waals surface area (Å²) in [5.41, 5.74) is 0.750. The maximum Gasteiger partial charge on any atom is 0.243 e. The van der Waals surface area contributed by atoms with Gasteiger partial charge in [0.2, 0.25) is 5.95 Å². The lowest BCUT2D eigenvalue weighted by Gasteiger charge is -2.14. The molecule has 7 heteroatoms. The van der Waals surface area contributed by atoms with Crippen molar-refractivity contribution >= 4 is 27.5 Å². The van der Waals surface area contributed by atoms with E-state index in [2.05, 4.69) is 31.3 Å². The number of nitrogens with zero attached hydrogens (tertiary/aromatic N) is 3. The van der Waals surface area contributed by atoms with Gasteiger partial charge in [-0.1, -0.05) is 0 Å². The maximum absolute atomic E-state index is 8.98. The monoisotopic (exact) mass is 314 g/mol. The Kier molecular flexibility index (Phi) is 4.51. The smallest absolute Gasteiger partial charge is 0.243 e. The Morgan fingerprint density at radius 1 is 1.61 bits per heavy atom. The minimum absolute atomic E-state index is 0.00353. The third kappa shape index (κ3) is 2.98. The molecular weight excluding hydrogens is 300 g/mol. The van der Waals surface area contributed by atoms with Crippen LogP contribution in [0.3, 0.4) is 0 Å². The molecule has 0 aliphatic carbocycles. The SMILES string of the molecule is COCC(CCO)Nc1nc2c(Br)cccn2n1. The van der Waals surface area contributed by atoms with Crippen molar-refractivity contribution in [2.45, 2.75) is 12.5 Å². The number of aliphatic hydroxyl groups excluding tert-OH is 1. The van der Waals surface area contributed by atoms with Crippen LogP contribution < -0.4 is 5.32 Å². The summed E-state index contributed by atoms with van der Waals surface area (Å²) in [7, 11) is 1.62. The van der Waals surface area contributed by atoms with Crippen molar-refractivity contribution < 1.29 is 9.84 Å². The standard InChI is InChI=1S/C11H15BrN4O2/c1-18-7-8(4-6-17)13-11-14-10-9(12)3-2-5-16(10)15-11/h2-3,5,8,17H,4,6-7H2,1H3,(H,13,15). The van der Waals surface area contributed by atoms with E-state index in [1.54, 1.807) is 11.6 Å². The molecule has 0 bridgehead atoms. The van der Waals surface area contributed by atoms with Crippen LogP contribution in [0.15, 0.2) is 22.8 Å². The number of rotatable bonds is 6. The molecule has 0 radical (unpaired) electrons. The van der Waals surface area contributed by atoms with E-state index in [0.717, 1.165) is 10.1 Å². The molecule has 0 aliphatic heterocycles. The van der Waals surface area contributed by atoms with E-state index in [9.17, 15) is 0 Å². The van der Waals surface area contributed by atoms with E-state index >= 15 is 0 Å². The van der Waals surface area contributed by atoms with Crippen molar-refractivity contribution in [3.05, 3.63) is 22.8 Å². The van der Waals surface area contributed by atoms with Crippen molar-refractivity contribution in [3.63, 3.8) is 0 Å². The first-order valence-corrected chi connectivity index (χ1v) is 6.41. The van der Waals surface area contributed by atoms with Crippen molar-refractivity contribution in [2.24, 2.45) is 0 Å². The fourth-order valence-corrected chi connectivity index (χ4v) is 2.09. The zero-order chi connectivity index (χ0) is 13.0. The van der Waals surface area contributed by atoms with Gasteiger partial charge >= 0.3 is 0 Å². The number of anilines is 1. The summed E-state index contributed by atoms with van der Waals surface area (Å²) in [6, 6.07) is 3.79. The van der Waals surface area contributed by atoms with Gasteiger partial charge in [-0.15, -0.1) is 5.10 Å². The Morgan fingerprint density at radius 2 is 2.44 bits per heavy atom. The second kappa shape index (κ2) is 6.12. The van der Waals surface area contributed by atoms with Crippen molar-refractivity contribution in [1.29, 1.82) is 0 Å². The van der Waals surface area contributed by atoms with Crippen LogP contribution in [0, 0.1) is 0 Å². The maximum atomic E-state index is 8.98. The molecular formula is C11H15BrN4O2. The van der Waals surface area contributed by atoms with Gasteiger partial charge in [-0.05, 0) is 34.5 Å². The fourth-order valence-electron chi connectivity index (χ4n) is 1.67. The first kappa shape index (κ1) is 13.3. The van der Waals surface area contributed by atoms with Crippen LogP contribution in [0.4, 0.5) is 5.95 Å². The first-order chi connectivity index (χ1) is 8.74. The average Bonchev–Trinajstić information content (AvgIpc) is 2.74. The molecule has 6 nitrogen and oxygen atoms in total. The Balaban J connectivity index is 2.17. The lowest BCUT2D eigenvalue weighted by atomic mass is 10.2. The zero-order valence-electron chi connectivity index (χ0n) is 10.0. The van der Waals surface area contributed by atoms with E-state index in [4.69, 9.17) is 9.84 Å². The van der Waals surface area contributed by atoms with Crippen LogP contribution in [0.2, 0.25) is 0 Å². The zero-order valence-corrected chi connectivity index (χ0v) is 11.6. The summed E-state index contributed by atoms with van der Waals surface area (Å²) in [6.07, 6.45) is 2.42. The molecule has 0 saturated carbocycles. The van der Waals surface area contributed by atoms with Gasteiger partial charge in [-0.2, -0.15) is 4.98 Å². The lowest BCUT2D eigenvalue weighted by molar-refractivity contribution is 0.170. The number of methoxy groups -OCH3 is 1. The molecule has 2 rings (SSSR count). The van der Waals surface area contributed by atoms with Gasteiger partial charge in [0, 0.05) is 19.9 Å². The van der Waals surface area contributed by atoms with Gasteiger partial charge in [0.05, 0.1) is 17.1 Å². The Hall–Kier alpha value is -1.18. The highest BCUT2D eigenvalue weighted by atomic mass is 79.9. The number of hydrogen-bond acceptors (Lipinski definition) is 5. The van der Waals surface area contributed by atoms with Crippen LogP contribution in [0.5, 0.6) is 0 Å². The second-order valence-electron chi connectivity index (χ2n) is 3.87. The number of aromatic nitrogens is 3. The lowest BCUT2D eigenvalue weighted by Crippen LogP contribution is -2.26. The molecule has 0 aliphatic rings. The van der Waals surface area contributed by atoms with Gasteiger partial charge in [-0.3, -0.25) is 0 Å². The van der Waals surface area contributed by atoms with Crippen LogP contribution in [-0.2, 0) is 4.74 Å². The summed E-state index contributed by atoms with van der Waals surface area (Å²) >= 11 is 3.42. The predicted octanol–water partition coefficient (Wildman–Crippen LogP) is 1.30. The Labute approximate surface area is 113 Å². The summed E-state index contributed by atoms with van der Waals surface area (Å²) < 4.78 is 7.66. The first-order valence-electron chi connectivity index (χ1n) is 5.62. The minimum atomic E-state index is -0.00353. The molecule has 0 spiro atoms. The molecule has 0 fully saturated rings. The quantitative estimate of drug-likeness (QED) is 0.841. The molecule has 1 atom stereocenters. The van der Waals surface area contributed by atoms with Crippen LogP contribution in [0.25, 0.3) is 5.65 Å². The second-order valence-corrected chi connectivity index (χ2v) is 4.72. The van der Waals surface area contributed by atoms with Crippen LogP contribution in [-0.4, -0.2) is 46.1 Å². The number of pyridine rings is 1. The van der Waals surface area contributed by atoms with Gasteiger partial charge < -0.3 is 15.2 Å². The van der Waals surface area contributed by atoms with Crippen molar-refractivity contribution in [1.82, 2.24) is 14.6 Å². The van der Waals surface area contributed by atoms with E-state index in [1.807, 2.05) is 18.3 Å². The third-order valence-electron chi connectivity index (χ3n) is 2.49. The highest BCUT2D eigenvalue weighted by Crippen LogP contribution is 2.17. The third-order valence-corrected chi connectivity index (χ3v) is 3.11. The Bertz CT molecular complexity index is 511. The number of ether oxygens (including phenoxy) is 1. The molecule has 2 N–H and O–H groups in total. The van der Waals surface area contributed by atoms with E-state index in [1.165, 1.54) is 0 Å². The molecule has 2 aromatic heterocycles. The van der Waals surface area contributed by atoms with Gasteiger partial charge in [-0.25, -0.2) is 4.52 Å². The molecule has 98 valence electrons. The molecule has 0 saturated heterocycles. The van der Waals surface area contributed by atoms with Gasteiger partial charge in [0.25, 0.3) is 0 Å². The largest absolute Gasteiger partial charge is 0.396 e. The van der Waals surface area contributed by atoms with E-state index < -0.39 is 0 Å². The summed E-state index contributed by atoms with van der Waals surface area (Å²) in [5.74, 6) is 0.525.